The first kappa shape index (κ1) is 21.1. The van der Waals surface area contributed by atoms with E-state index in [-0.39, 0.29) is 17.7 Å². The van der Waals surface area contributed by atoms with Gasteiger partial charge in [0.05, 0.1) is 25.1 Å². The van der Waals surface area contributed by atoms with Gasteiger partial charge in [0.2, 0.25) is 0 Å². The number of ether oxygens (including phenoxy) is 1. The van der Waals surface area contributed by atoms with Crippen LogP contribution in [0.25, 0.3) is 6.08 Å². The third kappa shape index (κ3) is 4.84. The monoisotopic (exact) mass is 543 g/mol. The summed E-state index contributed by atoms with van der Waals surface area (Å²) in [6, 6.07) is 10.8. The van der Waals surface area contributed by atoms with Crippen LogP contribution in [0.5, 0.6) is 5.75 Å². The maximum Gasteiger partial charge on any atom is 0.294 e. The van der Waals surface area contributed by atoms with E-state index in [4.69, 9.17) is 34.4 Å². The molecule has 0 unspecified atom stereocenters. The Morgan fingerprint density at radius 1 is 1.18 bits per heavy atom. The average Bonchev–Trinajstić information content (AvgIpc) is 2.91. The Hall–Kier alpha value is -1.66. The number of amides is 2. The molecule has 0 atom stereocenters. The lowest BCUT2D eigenvalue weighted by atomic mass is 10.2. The molecule has 3 rings (SSSR count). The Balaban J connectivity index is 1.72. The molecular formula is C20H12Cl2INO3S. The molecule has 2 aromatic rings. The number of benzene rings is 2. The van der Waals surface area contributed by atoms with Crippen LogP contribution < -0.4 is 4.74 Å². The van der Waals surface area contributed by atoms with Gasteiger partial charge in [-0.1, -0.05) is 41.3 Å². The lowest BCUT2D eigenvalue weighted by Crippen LogP contribution is -2.28. The summed E-state index contributed by atoms with van der Waals surface area (Å²) in [6.07, 6.45) is 6.87. The molecule has 1 aliphatic rings. The number of imide groups is 1. The molecule has 0 spiro atoms. The maximum atomic E-state index is 12.2. The predicted molar refractivity (Wildman–Crippen MR) is 121 cm³/mol. The Kier molecular flexibility index (Phi) is 6.94. The van der Waals surface area contributed by atoms with Gasteiger partial charge in [-0.25, -0.2) is 0 Å². The molecule has 0 saturated carbocycles. The first-order valence-corrected chi connectivity index (χ1v) is 10.6. The highest BCUT2D eigenvalue weighted by Crippen LogP contribution is 2.33. The quantitative estimate of drug-likeness (QED) is 0.270. The molecule has 0 aromatic heterocycles. The molecule has 2 amide bonds. The van der Waals surface area contributed by atoms with E-state index < -0.39 is 0 Å². The van der Waals surface area contributed by atoms with Crippen LogP contribution in [-0.4, -0.2) is 22.6 Å². The third-order valence-electron chi connectivity index (χ3n) is 3.76. The highest BCUT2D eigenvalue weighted by atomic mass is 127. The zero-order valence-electron chi connectivity index (χ0n) is 14.2. The van der Waals surface area contributed by atoms with E-state index in [0.29, 0.717) is 27.3 Å². The molecule has 1 saturated heterocycles. The van der Waals surface area contributed by atoms with E-state index in [9.17, 15) is 9.59 Å². The van der Waals surface area contributed by atoms with Crippen LogP contribution >= 0.6 is 57.6 Å². The zero-order valence-corrected chi connectivity index (χ0v) is 18.7. The summed E-state index contributed by atoms with van der Waals surface area (Å²) in [5, 5.41) is 0.619. The van der Waals surface area contributed by atoms with Crippen LogP contribution in [0.3, 0.4) is 0 Å². The SMILES string of the molecule is C#CCN1C(=O)S/C(=C/c2ccc(OCc3ccc(Cl)c(Cl)c3)c(I)c2)C1=O. The zero-order chi connectivity index (χ0) is 20.3. The summed E-state index contributed by atoms with van der Waals surface area (Å²) in [7, 11) is 0. The molecule has 1 fully saturated rings. The van der Waals surface area contributed by atoms with E-state index in [1.807, 2.05) is 24.3 Å². The lowest BCUT2D eigenvalue weighted by molar-refractivity contribution is -0.122. The average molecular weight is 544 g/mol. The van der Waals surface area contributed by atoms with Crippen molar-refractivity contribution in [2.75, 3.05) is 6.54 Å². The van der Waals surface area contributed by atoms with E-state index in [0.717, 1.165) is 31.4 Å². The largest absolute Gasteiger partial charge is 0.488 e. The minimum atomic E-state index is -0.372. The number of hydrogen-bond acceptors (Lipinski definition) is 4. The van der Waals surface area contributed by atoms with Gasteiger partial charge in [0.25, 0.3) is 11.1 Å². The summed E-state index contributed by atoms with van der Waals surface area (Å²) in [6.45, 7) is 0.318. The smallest absolute Gasteiger partial charge is 0.294 e. The van der Waals surface area contributed by atoms with Crippen LogP contribution in [0.2, 0.25) is 10.0 Å². The Labute approximate surface area is 190 Å². The summed E-state index contributed by atoms with van der Waals surface area (Å²) in [4.78, 5) is 25.5. The summed E-state index contributed by atoms with van der Waals surface area (Å²) in [5.74, 6) is 2.64. The molecule has 1 heterocycles. The Morgan fingerprint density at radius 2 is 1.96 bits per heavy atom. The van der Waals surface area contributed by atoms with Crippen molar-refractivity contribution in [2.24, 2.45) is 0 Å². The van der Waals surface area contributed by atoms with Gasteiger partial charge in [0.1, 0.15) is 12.4 Å². The molecule has 0 bridgehead atoms. The van der Waals surface area contributed by atoms with Crippen molar-refractivity contribution < 1.29 is 14.3 Å². The molecule has 0 radical (unpaired) electrons. The fourth-order valence-electron chi connectivity index (χ4n) is 2.39. The van der Waals surface area contributed by atoms with Gasteiger partial charge in [-0.2, -0.15) is 0 Å². The number of hydrogen-bond donors (Lipinski definition) is 0. The van der Waals surface area contributed by atoms with Crippen molar-refractivity contribution in [1.82, 2.24) is 4.90 Å². The van der Waals surface area contributed by atoms with Crippen LogP contribution in [0.4, 0.5) is 4.79 Å². The number of halogens is 3. The molecular weight excluding hydrogens is 532 g/mol. The van der Waals surface area contributed by atoms with Crippen molar-refractivity contribution in [3.63, 3.8) is 0 Å². The molecule has 0 aliphatic carbocycles. The van der Waals surface area contributed by atoms with Crippen LogP contribution in [0, 0.1) is 15.9 Å². The van der Waals surface area contributed by atoms with Gasteiger partial charge >= 0.3 is 0 Å². The van der Waals surface area contributed by atoms with Crippen LogP contribution in [-0.2, 0) is 11.4 Å². The van der Waals surface area contributed by atoms with Crippen LogP contribution in [0.1, 0.15) is 11.1 Å². The first-order valence-electron chi connectivity index (χ1n) is 7.94. The molecule has 4 nitrogen and oxygen atoms in total. The number of carbonyl (C=O) groups is 2. The van der Waals surface area contributed by atoms with Gasteiger partial charge in [0.15, 0.2) is 0 Å². The van der Waals surface area contributed by atoms with Gasteiger partial charge in [0, 0.05) is 0 Å². The first-order chi connectivity index (χ1) is 13.4. The summed E-state index contributed by atoms with van der Waals surface area (Å²) >= 11 is 15.0. The minimum Gasteiger partial charge on any atom is -0.488 e. The second-order valence-electron chi connectivity index (χ2n) is 5.70. The predicted octanol–water partition coefficient (Wildman–Crippen LogP) is 5.85. The molecule has 1 aliphatic heterocycles. The Morgan fingerprint density at radius 3 is 2.64 bits per heavy atom. The minimum absolute atomic E-state index is 0.0268. The van der Waals surface area contributed by atoms with Gasteiger partial charge in [-0.05, 0) is 75.8 Å². The van der Waals surface area contributed by atoms with E-state index in [1.54, 1.807) is 18.2 Å². The molecule has 0 N–H and O–H groups in total. The third-order valence-corrected chi connectivity index (χ3v) is 6.24. The Bertz CT molecular complexity index is 1030. The molecule has 142 valence electrons. The standard InChI is InChI=1S/C20H12Cl2INO3S/c1-2-7-24-19(25)18(28-20(24)26)10-12-4-6-17(16(23)9-12)27-11-13-3-5-14(21)15(22)8-13/h1,3-6,8-10H,7,11H2/b18-10+. The normalized spacial score (nSPS) is 15.2. The number of carbonyl (C=O) groups excluding carboxylic acids is 2. The fraction of sp³-hybridized carbons (Fsp3) is 0.100. The molecule has 2 aromatic carbocycles. The number of rotatable bonds is 5. The molecule has 8 heteroatoms. The lowest BCUT2D eigenvalue weighted by Gasteiger charge is -2.10. The second-order valence-corrected chi connectivity index (χ2v) is 8.67. The van der Waals surface area contributed by atoms with Crippen molar-refractivity contribution in [1.29, 1.82) is 0 Å². The van der Waals surface area contributed by atoms with Crippen molar-refractivity contribution >= 4 is 74.8 Å². The maximum absolute atomic E-state index is 12.2. The van der Waals surface area contributed by atoms with E-state index >= 15 is 0 Å². The highest BCUT2D eigenvalue weighted by Gasteiger charge is 2.34. The van der Waals surface area contributed by atoms with E-state index in [1.165, 1.54) is 0 Å². The topological polar surface area (TPSA) is 46.6 Å². The number of thioether (sulfide) groups is 1. The van der Waals surface area contributed by atoms with Crippen molar-refractivity contribution in [3.8, 4) is 18.1 Å². The fourth-order valence-corrected chi connectivity index (χ4v) is 4.25. The van der Waals surface area contributed by atoms with Gasteiger partial charge in [-0.15, -0.1) is 6.42 Å². The highest BCUT2D eigenvalue weighted by molar-refractivity contribution is 14.1. The van der Waals surface area contributed by atoms with Crippen molar-refractivity contribution in [2.45, 2.75) is 6.61 Å². The van der Waals surface area contributed by atoms with Crippen molar-refractivity contribution in [3.05, 3.63) is 66.0 Å². The summed E-state index contributed by atoms with van der Waals surface area (Å²) < 4.78 is 6.71. The second kappa shape index (κ2) is 9.23. The van der Waals surface area contributed by atoms with E-state index in [2.05, 4.69) is 28.5 Å². The number of terminal acetylenes is 1. The van der Waals surface area contributed by atoms with Crippen LogP contribution in [0.15, 0.2) is 41.3 Å². The molecule has 28 heavy (non-hydrogen) atoms. The van der Waals surface area contributed by atoms with Gasteiger partial charge in [-0.3, -0.25) is 14.5 Å². The summed E-state index contributed by atoms with van der Waals surface area (Å²) in [5.41, 5.74) is 1.69. The number of nitrogens with zero attached hydrogens (tertiary/aromatic N) is 1. The van der Waals surface area contributed by atoms with Gasteiger partial charge < -0.3 is 4.74 Å².